The molecule has 0 fully saturated rings. The van der Waals surface area contributed by atoms with Gasteiger partial charge in [0.1, 0.15) is 16.8 Å². The molecule has 0 saturated carbocycles. The van der Waals surface area contributed by atoms with Crippen LogP contribution in [0.1, 0.15) is 0 Å². The standard InChI is InChI=1S/C55H32N6OS/c1-4-15-33(16-5-1)36-27-29-44-41(31-36)38-21-10-12-24-43(38)61(44)55-59-52(35-19-8-3-9-20-35)58-53(60-55)37-28-30-46-42(32-37)48-40(23-14-26-47(48)63-46)54-56-49(34-17-6-2-7-18-34)51-50(57-54)39-22-11-13-25-45(39)62-51/h1-32H. The number of nitrogens with zero attached hydrogens (tertiary/aromatic N) is 6. The molecule has 0 amide bonds. The van der Waals surface area contributed by atoms with Gasteiger partial charge in [-0.15, -0.1) is 11.3 Å². The molecule has 7 nitrogen and oxygen atoms in total. The minimum Gasteiger partial charge on any atom is -0.452 e. The third kappa shape index (κ3) is 5.76. The lowest BCUT2D eigenvalue weighted by Gasteiger charge is -2.11. The van der Waals surface area contributed by atoms with E-state index in [0.29, 0.717) is 29.0 Å². The van der Waals surface area contributed by atoms with Gasteiger partial charge in [0.15, 0.2) is 23.1 Å². The topological polar surface area (TPSA) is 82.5 Å². The maximum Gasteiger partial charge on any atom is 0.238 e. The van der Waals surface area contributed by atoms with Gasteiger partial charge >= 0.3 is 0 Å². The molecular formula is C55H32N6OS. The van der Waals surface area contributed by atoms with Crippen molar-refractivity contribution in [3.63, 3.8) is 0 Å². The van der Waals surface area contributed by atoms with E-state index in [9.17, 15) is 0 Å². The molecule has 0 atom stereocenters. The first-order valence-electron chi connectivity index (χ1n) is 20.8. The van der Waals surface area contributed by atoms with Gasteiger partial charge < -0.3 is 4.42 Å². The van der Waals surface area contributed by atoms with Crippen molar-refractivity contribution in [1.29, 1.82) is 0 Å². The van der Waals surface area contributed by atoms with E-state index in [1.54, 1.807) is 11.3 Å². The van der Waals surface area contributed by atoms with Gasteiger partial charge in [-0.1, -0.05) is 140 Å². The Morgan fingerprint density at radius 2 is 1.05 bits per heavy atom. The monoisotopic (exact) mass is 824 g/mol. The number of fused-ring (bicyclic) bond motifs is 9. The van der Waals surface area contributed by atoms with Crippen LogP contribution in [0.15, 0.2) is 199 Å². The molecule has 0 radical (unpaired) electrons. The number of hydrogen-bond donors (Lipinski definition) is 0. The van der Waals surface area contributed by atoms with Crippen molar-refractivity contribution in [2.45, 2.75) is 0 Å². The van der Waals surface area contributed by atoms with Crippen molar-refractivity contribution in [1.82, 2.24) is 29.5 Å². The van der Waals surface area contributed by atoms with Crippen LogP contribution in [-0.2, 0) is 0 Å². The van der Waals surface area contributed by atoms with Crippen LogP contribution in [0.4, 0.5) is 0 Å². The van der Waals surface area contributed by atoms with E-state index in [1.165, 1.54) is 5.56 Å². The predicted octanol–water partition coefficient (Wildman–Crippen LogP) is 14.4. The van der Waals surface area contributed by atoms with Crippen LogP contribution < -0.4 is 0 Å². The molecule has 0 aliphatic rings. The van der Waals surface area contributed by atoms with Crippen LogP contribution in [0.5, 0.6) is 0 Å². The normalized spacial score (nSPS) is 11.8. The Kier molecular flexibility index (Phi) is 7.94. The number of furan rings is 1. The highest BCUT2D eigenvalue weighted by Gasteiger charge is 2.22. The van der Waals surface area contributed by atoms with Crippen LogP contribution in [-0.4, -0.2) is 29.5 Å². The Hall–Kier alpha value is -8.33. The zero-order valence-electron chi connectivity index (χ0n) is 33.5. The van der Waals surface area contributed by atoms with Gasteiger partial charge in [0, 0.05) is 58.6 Å². The first kappa shape index (κ1) is 35.4. The summed E-state index contributed by atoms with van der Waals surface area (Å²) in [5.74, 6) is 2.37. The van der Waals surface area contributed by atoms with E-state index in [-0.39, 0.29) is 0 Å². The Morgan fingerprint density at radius 3 is 1.86 bits per heavy atom. The second-order valence-electron chi connectivity index (χ2n) is 15.6. The SMILES string of the molecule is c1ccc(-c2ccc3c(c2)c2ccccc2n3-c2nc(-c3ccccc3)nc(-c3ccc4sc5cccc(-c6nc(-c7ccccc7)c7oc8ccccc8c7n6)c5c4c3)n2)cc1. The van der Waals surface area contributed by atoms with Gasteiger partial charge in [-0.25, -0.2) is 15.0 Å². The van der Waals surface area contributed by atoms with E-state index < -0.39 is 0 Å². The largest absolute Gasteiger partial charge is 0.452 e. The van der Waals surface area contributed by atoms with E-state index in [4.69, 9.17) is 29.3 Å². The average Bonchev–Trinajstić information content (AvgIpc) is 4.03. The lowest BCUT2D eigenvalue weighted by atomic mass is 10.0. The summed E-state index contributed by atoms with van der Waals surface area (Å²) in [6.45, 7) is 0. The smallest absolute Gasteiger partial charge is 0.238 e. The molecule has 294 valence electrons. The number of benzene rings is 8. The number of rotatable bonds is 6. The summed E-state index contributed by atoms with van der Waals surface area (Å²) in [4.78, 5) is 26.2. The minimum atomic E-state index is 0.552. The zero-order valence-corrected chi connectivity index (χ0v) is 34.3. The van der Waals surface area contributed by atoms with Gasteiger partial charge in [0.25, 0.3) is 0 Å². The molecule has 8 aromatic carbocycles. The number of para-hydroxylation sites is 2. The molecule has 0 aliphatic heterocycles. The Balaban J connectivity index is 1.03. The quantitative estimate of drug-likeness (QED) is 0.166. The van der Waals surface area contributed by atoms with Crippen LogP contribution in [0.3, 0.4) is 0 Å². The number of hydrogen-bond acceptors (Lipinski definition) is 7. The molecule has 5 aromatic heterocycles. The first-order chi connectivity index (χ1) is 31.2. The lowest BCUT2D eigenvalue weighted by molar-refractivity contribution is 0.667. The maximum absolute atomic E-state index is 6.44. The van der Waals surface area contributed by atoms with Crippen molar-refractivity contribution < 1.29 is 4.42 Å². The summed E-state index contributed by atoms with van der Waals surface area (Å²) in [7, 11) is 0. The Bertz CT molecular complexity index is 3910. The fourth-order valence-corrected chi connectivity index (χ4v) is 10.1. The van der Waals surface area contributed by atoms with Gasteiger partial charge in [-0.05, 0) is 65.7 Å². The number of thiophene rings is 1. The van der Waals surface area contributed by atoms with E-state index >= 15 is 0 Å². The summed E-state index contributed by atoms with van der Waals surface area (Å²) < 4.78 is 10.9. The molecule has 0 spiro atoms. The molecule has 0 N–H and O–H groups in total. The maximum atomic E-state index is 6.44. The summed E-state index contributed by atoms with van der Waals surface area (Å²) in [5, 5.41) is 5.38. The molecule has 63 heavy (non-hydrogen) atoms. The van der Waals surface area contributed by atoms with Gasteiger partial charge in [0.2, 0.25) is 5.95 Å². The Morgan fingerprint density at radius 1 is 0.397 bits per heavy atom. The highest BCUT2D eigenvalue weighted by atomic mass is 32.1. The van der Waals surface area contributed by atoms with Crippen molar-refractivity contribution in [3.8, 4) is 62.5 Å². The molecule has 8 heteroatoms. The third-order valence-electron chi connectivity index (χ3n) is 11.9. The third-order valence-corrected chi connectivity index (χ3v) is 13.0. The second-order valence-corrected chi connectivity index (χ2v) is 16.7. The average molecular weight is 825 g/mol. The molecule has 0 saturated heterocycles. The van der Waals surface area contributed by atoms with Crippen molar-refractivity contribution in [2.75, 3.05) is 0 Å². The van der Waals surface area contributed by atoms with Gasteiger partial charge in [-0.2, -0.15) is 9.97 Å². The molecule has 13 aromatic rings. The summed E-state index contributed by atoms with van der Waals surface area (Å²) in [5.41, 5.74) is 11.1. The fourth-order valence-electron chi connectivity index (χ4n) is 8.96. The van der Waals surface area contributed by atoms with Gasteiger partial charge in [0.05, 0.1) is 11.0 Å². The van der Waals surface area contributed by atoms with Crippen LogP contribution in [0.25, 0.3) is 127 Å². The molecule has 13 rings (SSSR count). The van der Waals surface area contributed by atoms with E-state index in [0.717, 1.165) is 92.0 Å². The van der Waals surface area contributed by atoms with Crippen LogP contribution in [0.2, 0.25) is 0 Å². The molecule has 0 unspecified atom stereocenters. The number of aromatic nitrogens is 6. The zero-order chi connectivity index (χ0) is 41.4. The highest BCUT2D eigenvalue weighted by Crippen LogP contribution is 2.43. The summed E-state index contributed by atoms with van der Waals surface area (Å²) >= 11 is 1.75. The van der Waals surface area contributed by atoms with Crippen molar-refractivity contribution >= 4 is 75.4 Å². The van der Waals surface area contributed by atoms with Gasteiger partial charge in [-0.3, -0.25) is 4.57 Å². The first-order valence-corrected chi connectivity index (χ1v) is 21.6. The summed E-state index contributed by atoms with van der Waals surface area (Å²) in [6, 6.07) is 66.9. The summed E-state index contributed by atoms with van der Waals surface area (Å²) in [6.07, 6.45) is 0. The molecular weight excluding hydrogens is 793 g/mol. The highest BCUT2D eigenvalue weighted by molar-refractivity contribution is 7.26. The van der Waals surface area contributed by atoms with Crippen molar-refractivity contribution in [2.24, 2.45) is 0 Å². The Labute approximate surface area is 364 Å². The second kappa shape index (κ2) is 14.1. The predicted molar refractivity (Wildman–Crippen MR) is 257 cm³/mol. The van der Waals surface area contributed by atoms with E-state index in [1.807, 2.05) is 72.8 Å². The van der Waals surface area contributed by atoms with Crippen LogP contribution >= 0.6 is 11.3 Å². The fraction of sp³-hybridized carbons (Fsp3) is 0. The lowest BCUT2D eigenvalue weighted by Crippen LogP contribution is -2.06. The molecule has 0 aliphatic carbocycles. The minimum absolute atomic E-state index is 0.552. The van der Waals surface area contributed by atoms with Crippen molar-refractivity contribution in [3.05, 3.63) is 194 Å². The van der Waals surface area contributed by atoms with Crippen LogP contribution in [0, 0.1) is 0 Å². The molecule has 0 bridgehead atoms. The molecule has 5 heterocycles. The van der Waals surface area contributed by atoms with E-state index in [2.05, 4.69) is 126 Å².